The van der Waals surface area contributed by atoms with Crippen LogP contribution in [0, 0.1) is 0 Å². The van der Waals surface area contributed by atoms with Crippen molar-refractivity contribution in [1.82, 2.24) is 15.0 Å². The van der Waals surface area contributed by atoms with Crippen molar-refractivity contribution >= 4 is 50.9 Å². The van der Waals surface area contributed by atoms with Gasteiger partial charge in [0, 0.05) is 10.1 Å². The number of thiophene rings is 1. The Balaban J connectivity index is 1.80. The van der Waals surface area contributed by atoms with Crippen LogP contribution in [0.5, 0.6) is 0 Å². The molecule has 9 heteroatoms. The van der Waals surface area contributed by atoms with E-state index in [0.29, 0.717) is 9.90 Å². The zero-order valence-electron chi connectivity index (χ0n) is 11.1. The van der Waals surface area contributed by atoms with Gasteiger partial charge in [0.1, 0.15) is 4.88 Å². The molecule has 0 aliphatic carbocycles. The average molecular weight is 336 g/mol. The van der Waals surface area contributed by atoms with Crippen molar-refractivity contribution in [2.45, 2.75) is 6.61 Å². The van der Waals surface area contributed by atoms with Crippen LogP contribution in [0.25, 0.3) is 10.1 Å². The van der Waals surface area contributed by atoms with Crippen LogP contribution in [0.2, 0.25) is 5.02 Å². The van der Waals surface area contributed by atoms with Crippen molar-refractivity contribution in [1.29, 1.82) is 0 Å². The van der Waals surface area contributed by atoms with Crippen LogP contribution in [0.15, 0.2) is 24.3 Å². The van der Waals surface area contributed by atoms with E-state index in [1.807, 2.05) is 24.3 Å². The minimum absolute atomic E-state index is 0.0292. The first-order valence-corrected chi connectivity index (χ1v) is 7.34. The third kappa shape index (κ3) is 2.78. The number of anilines is 2. The highest BCUT2D eigenvalue weighted by molar-refractivity contribution is 7.21. The lowest BCUT2D eigenvalue weighted by molar-refractivity contribution is 0.0468. The molecule has 4 N–H and O–H groups in total. The van der Waals surface area contributed by atoms with Gasteiger partial charge in [-0.25, -0.2) is 4.79 Å². The molecular formula is C13H10ClN5O2S. The number of fused-ring (bicyclic) bond motifs is 1. The van der Waals surface area contributed by atoms with Gasteiger partial charge in [0.05, 0.1) is 5.02 Å². The Hall–Kier alpha value is -2.45. The number of nitrogens with zero attached hydrogens (tertiary/aromatic N) is 3. The summed E-state index contributed by atoms with van der Waals surface area (Å²) in [7, 11) is 0. The first-order valence-electron chi connectivity index (χ1n) is 6.14. The van der Waals surface area contributed by atoms with Crippen molar-refractivity contribution in [2.75, 3.05) is 11.5 Å². The third-order valence-corrected chi connectivity index (χ3v) is 4.42. The Labute approximate surface area is 133 Å². The molecule has 0 spiro atoms. The van der Waals surface area contributed by atoms with Gasteiger partial charge in [0.25, 0.3) is 0 Å². The molecule has 22 heavy (non-hydrogen) atoms. The number of nitrogens with two attached hydrogens (primary N) is 2. The van der Waals surface area contributed by atoms with Gasteiger partial charge >= 0.3 is 5.97 Å². The van der Waals surface area contributed by atoms with E-state index in [4.69, 9.17) is 27.8 Å². The first kappa shape index (κ1) is 14.5. The van der Waals surface area contributed by atoms with E-state index in [-0.39, 0.29) is 24.3 Å². The summed E-state index contributed by atoms with van der Waals surface area (Å²) in [5.74, 6) is -0.434. The van der Waals surface area contributed by atoms with Crippen molar-refractivity contribution in [2.24, 2.45) is 0 Å². The lowest BCUT2D eigenvalue weighted by Gasteiger charge is -2.03. The SMILES string of the molecule is Nc1nc(N)nc(COC(=O)c2sc3ccccc3c2Cl)n1. The molecule has 0 bridgehead atoms. The molecular weight excluding hydrogens is 326 g/mol. The first-order chi connectivity index (χ1) is 10.5. The van der Waals surface area contributed by atoms with E-state index in [2.05, 4.69) is 15.0 Å². The Morgan fingerprint density at radius 1 is 1.18 bits per heavy atom. The smallest absolute Gasteiger partial charge is 0.350 e. The fourth-order valence-electron chi connectivity index (χ4n) is 1.86. The second kappa shape index (κ2) is 5.74. The van der Waals surface area contributed by atoms with E-state index in [0.717, 1.165) is 10.1 Å². The van der Waals surface area contributed by atoms with E-state index in [9.17, 15) is 4.79 Å². The number of carbonyl (C=O) groups excluding carboxylic acids is 1. The molecule has 0 fully saturated rings. The molecule has 2 aromatic heterocycles. The fourth-order valence-corrected chi connectivity index (χ4v) is 3.26. The van der Waals surface area contributed by atoms with Crippen LogP contribution in [-0.2, 0) is 11.3 Å². The maximum atomic E-state index is 12.1. The molecule has 0 atom stereocenters. The lowest BCUT2D eigenvalue weighted by atomic mass is 10.2. The van der Waals surface area contributed by atoms with E-state index in [1.165, 1.54) is 11.3 Å². The number of hydrogen-bond acceptors (Lipinski definition) is 8. The van der Waals surface area contributed by atoms with Crippen LogP contribution < -0.4 is 11.5 Å². The fraction of sp³-hybridized carbons (Fsp3) is 0.0769. The Bertz CT molecular complexity index is 847. The Morgan fingerprint density at radius 2 is 1.86 bits per heavy atom. The monoisotopic (exact) mass is 335 g/mol. The highest BCUT2D eigenvalue weighted by Crippen LogP contribution is 2.35. The van der Waals surface area contributed by atoms with Gasteiger partial charge in [0.2, 0.25) is 11.9 Å². The molecule has 0 saturated carbocycles. The number of rotatable bonds is 3. The topological polar surface area (TPSA) is 117 Å². The van der Waals surface area contributed by atoms with Crippen LogP contribution >= 0.6 is 22.9 Å². The summed E-state index contributed by atoms with van der Waals surface area (Å²) in [4.78, 5) is 23.8. The van der Waals surface area contributed by atoms with Crippen molar-refractivity contribution in [3.8, 4) is 0 Å². The average Bonchev–Trinajstić information content (AvgIpc) is 2.82. The molecule has 0 aliphatic heterocycles. The molecule has 0 radical (unpaired) electrons. The van der Waals surface area contributed by atoms with Gasteiger partial charge in [0.15, 0.2) is 12.4 Å². The maximum absolute atomic E-state index is 12.1. The van der Waals surface area contributed by atoms with E-state index in [1.54, 1.807) is 0 Å². The minimum atomic E-state index is -0.552. The number of aromatic nitrogens is 3. The van der Waals surface area contributed by atoms with E-state index >= 15 is 0 Å². The zero-order chi connectivity index (χ0) is 15.7. The second-order valence-corrected chi connectivity index (χ2v) is 5.72. The van der Waals surface area contributed by atoms with Crippen LogP contribution in [0.4, 0.5) is 11.9 Å². The molecule has 2 heterocycles. The number of carbonyl (C=O) groups is 1. The lowest BCUT2D eigenvalue weighted by Crippen LogP contribution is -2.10. The summed E-state index contributed by atoms with van der Waals surface area (Å²) in [5.41, 5.74) is 10.9. The van der Waals surface area contributed by atoms with Crippen molar-refractivity contribution in [3.05, 3.63) is 40.0 Å². The number of ether oxygens (including phenoxy) is 1. The maximum Gasteiger partial charge on any atom is 0.350 e. The van der Waals surface area contributed by atoms with Crippen LogP contribution in [0.3, 0.4) is 0 Å². The second-order valence-electron chi connectivity index (χ2n) is 4.29. The molecule has 0 unspecified atom stereocenters. The van der Waals surface area contributed by atoms with Gasteiger partial charge in [-0.15, -0.1) is 11.3 Å². The van der Waals surface area contributed by atoms with Gasteiger partial charge < -0.3 is 16.2 Å². The minimum Gasteiger partial charge on any atom is -0.453 e. The normalized spacial score (nSPS) is 10.8. The Kier molecular flexibility index (Phi) is 3.78. The third-order valence-electron chi connectivity index (χ3n) is 2.77. The number of benzene rings is 1. The van der Waals surface area contributed by atoms with Crippen LogP contribution in [0.1, 0.15) is 15.5 Å². The predicted octanol–water partition coefficient (Wildman–Crippen LogP) is 2.26. The summed E-state index contributed by atoms with van der Waals surface area (Å²) in [6.07, 6.45) is 0. The number of halogens is 1. The zero-order valence-corrected chi connectivity index (χ0v) is 12.7. The van der Waals surface area contributed by atoms with Gasteiger partial charge in [-0.2, -0.15) is 15.0 Å². The quantitative estimate of drug-likeness (QED) is 0.705. The van der Waals surface area contributed by atoms with Gasteiger partial charge in [-0.3, -0.25) is 0 Å². The molecule has 1 aromatic carbocycles. The van der Waals surface area contributed by atoms with Crippen LogP contribution in [-0.4, -0.2) is 20.9 Å². The Morgan fingerprint density at radius 3 is 2.55 bits per heavy atom. The summed E-state index contributed by atoms with van der Waals surface area (Å²) >= 11 is 7.48. The van der Waals surface area contributed by atoms with Gasteiger partial charge in [-0.05, 0) is 6.07 Å². The summed E-state index contributed by atoms with van der Waals surface area (Å²) in [6.45, 7) is -0.166. The number of nitrogen functional groups attached to an aromatic ring is 2. The molecule has 0 aliphatic rings. The highest BCUT2D eigenvalue weighted by Gasteiger charge is 2.18. The molecule has 0 saturated heterocycles. The predicted molar refractivity (Wildman–Crippen MR) is 84.6 cm³/mol. The van der Waals surface area contributed by atoms with E-state index < -0.39 is 5.97 Å². The molecule has 0 amide bonds. The highest BCUT2D eigenvalue weighted by atomic mass is 35.5. The summed E-state index contributed by atoms with van der Waals surface area (Å²) < 4.78 is 6.07. The summed E-state index contributed by atoms with van der Waals surface area (Å²) in [6, 6.07) is 7.46. The van der Waals surface area contributed by atoms with Crippen molar-refractivity contribution in [3.63, 3.8) is 0 Å². The molecule has 112 valence electrons. The molecule has 3 rings (SSSR count). The van der Waals surface area contributed by atoms with Gasteiger partial charge in [-0.1, -0.05) is 29.8 Å². The standard InChI is InChI=1S/C13H10ClN5O2S/c14-9-6-3-1-2-4-7(6)22-10(9)11(20)21-5-8-17-12(15)19-13(16)18-8/h1-4H,5H2,(H4,15,16,17,18,19). The van der Waals surface area contributed by atoms with Crippen molar-refractivity contribution < 1.29 is 9.53 Å². The number of hydrogen-bond donors (Lipinski definition) is 2. The summed E-state index contributed by atoms with van der Waals surface area (Å²) in [5, 5.41) is 1.19. The molecule has 3 aromatic rings. The molecule has 7 nitrogen and oxygen atoms in total. The number of esters is 1. The largest absolute Gasteiger partial charge is 0.453 e.